The van der Waals surface area contributed by atoms with E-state index < -0.39 is 48.9 Å². The SMILES string of the molecule is COC(CO)C(OC(C)=O)C(OC(C)=O)C(C)OC(C)=O. The molecule has 0 spiro atoms. The number of rotatable bonds is 8. The molecule has 0 fully saturated rings. The van der Waals surface area contributed by atoms with Crippen molar-refractivity contribution in [1.29, 1.82) is 0 Å². The Morgan fingerprint density at radius 3 is 1.67 bits per heavy atom. The number of hydrogen-bond acceptors (Lipinski definition) is 8. The highest BCUT2D eigenvalue weighted by atomic mass is 16.6. The zero-order valence-corrected chi connectivity index (χ0v) is 12.8. The van der Waals surface area contributed by atoms with Gasteiger partial charge in [-0.25, -0.2) is 0 Å². The zero-order chi connectivity index (χ0) is 16.6. The van der Waals surface area contributed by atoms with Crippen molar-refractivity contribution in [3.05, 3.63) is 0 Å². The first kappa shape index (κ1) is 19.3. The smallest absolute Gasteiger partial charge is 0.303 e. The van der Waals surface area contributed by atoms with E-state index in [4.69, 9.17) is 18.9 Å². The summed E-state index contributed by atoms with van der Waals surface area (Å²) in [6, 6.07) is 0. The van der Waals surface area contributed by atoms with E-state index in [1.54, 1.807) is 0 Å². The maximum absolute atomic E-state index is 11.2. The van der Waals surface area contributed by atoms with Crippen LogP contribution in [0.2, 0.25) is 0 Å². The van der Waals surface area contributed by atoms with Crippen LogP contribution in [-0.2, 0) is 33.3 Å². The molecule has 0 saturated carbocycles. The fourth-order valence-electron chi connectivity index (χ4n) is 1.81. The van der Waals surface area contributed by atoms with Gasteiger partial charge in [-0.2, -0.15) is 0 Å². The topological polar surface area (TPSA) is 108 Å². The molecule has 0 aromatic carbocycles. The third-order valence-corrected chi connectivity index (χ3v) is 2.59. The molecule has 0 rings (SSSR count). The molecule has 0 aromatic heterocycles. The summed E-state index contributed by atoms with van der Waals surface area (Å²) in [7, 11) is 1.30. The van der Waals surface area contributed by atoms with Gasteiger partial charge < -0.3 is 24.1 Å². The van der Waals surface area contributed by atoms with Crippen LogP contribution in [0.15, 0.2) is 0 Å². The van der Waals surface area contributed by atoms with Crippen molar-refractivity contribution < 1.29 is 38.4 Å². The summed E-state index contributed by atoms with van der Waals surface area (Å²) in [5.41, 5.74) is 0. The van der Waals surface area contributed by atoms with Crippen molar-refractivity contribution in [3.8, 4) is 0 Å². The van der Waals surface area contributed by atoms with Crippen LogP contribution in [0.25, 0.3) is 0 Å². The molecular formula is C13H22O8. The minimum atomic E-state index is -1.12. The summed E-state index contributed by atoms with van der Waals surface area (Å²) in [4.78, 5) is 33.5. The Kier molecular flexibility index (Phi) is 8.56. The first-order valence-electron chi connectivity index (χ1n) is 6.38. The van der Waals surface area contributed by atoms with Gasteiger partial charge in [0.25, 0.3) is 0 Å². The standard InChI is InChI=1S/C13H22O8/c1-7(19-8(2)15)12(20-9(3)16)13(21-10(4)17)11(6-14)18-5/h7,11-14H,6H2,1-5H3. The maximum atomic E-state index is 11.2. The van der Waals surface area contributed by atoms with Gasteiger partial charge in [0.1, 0.15) is 12.2 Å². The van der Waals surface area contributed by atoms with Gasteiger partial charge >= 0.3 is 17.9 Å². The number of aliphatic hydroxyl groups excluding tert-OH is 1. The molecule has 8 heteroatoms. The molecule has 4 unspecified atom stereocenters. The second-order valence-corrected chi connectivity index (χ2v) is 4.42. The van der Waals surface area contributed by atoms with E-state index in [-0.39, 0.29) is 0 Å². The predicted octanol–water partition coefficient (Wildman–Crippen LogP) is -0.191. The van der Waals surface area contributed by atoms with Gasteiger partial charge in [-0.3, -0.25) is 14.4 Å². The molecule has 0 amide bonds. The van der Waals surface area contributed by atoms with Crippen LogP contribution in [0.1, 0.15) is 27.7 Å². The molecule has 1 N–H and O–H groups in total. The van der Waals surface area contributed by atoms with Gasteiger partial charge in [0.15, 0.2) is 12.2 Å². The van der Waals surface area contributed by atoms with Crippen LogP contribution in [0.3, 0.4) is 0 Å². The minimum absolute atomic E-state index is 0.473. The molecule has 122 valence electrons. The first-order valence-corrected chi connectivity index (χ1v) is 6.38. The Labute approximate surface area is 123 Å². The van der Waals surface area contributed by atoms with Crippen molar-refractivity contribution in [3.63, 3.8) is 0 Å². The van der Waals surface area contributed by atoms with Crippen molar-refractivity contribution in [2.45, 2.75) is 52.1 Å². The normalized spacial score (nSPS) is 16.3. The summed E-state index contributed by atoms with van der Waals surface area (Å²) in [5.74, 6) is -1.88. The van der Waals surface area contributed by atoms with Crippen molar-refractivity contribution in [2.24, 2.45) is 0 Å². The predicted molar refractivity (Wildman–Crippen MR) is 70.2 cm³/mol. The Hall–Kier alpha value is -1.67. The molecule has 8 nitrogen and oxygen atoms in total. The molecule has 0 aliphatic carbocycles. The average molecular weight is 306 g/mol. The number of ether oxygens (including phenoxy) is 4. The first-order chi connectivity index (χ1) is 9.72. The van der Waals surface area contributed by atoms with E-state index in [1.807, 2.05) is 0 Å². The highest BCUT2D eigenvalue weighted by molar-refractivity contribution is 5.68. The molecule has 0 radical (unpaired) electrons. The molecule has 21 heavy (non-hydrogen) atoms. The van der Waals surface area contributed by atoms with Gasteiger partial charge in [0.05, 0.1) is 6.61 Å². The van der Waals surface area contributed by atoms with Gasteiger partial charge in [0, 0.05) is 27.9 Å². The highest BCUT2D eigenvalue weighted by Crippen LogP contribution is 2.18. The Bertz CT molecular complexity index is 363. The Balaban J connectivity index is 5.36. The summed E-state index contributed by atoms with van der Waals surface area (Å²) in [6.45, 7) is 4.54. The number of hydrogen-bond donors (Lipinski definition) is 1. The van der Waals surface area contributed by atoms with E-state index in [0.29, 0.717) is 0 Å². The molecule has 0 heterocycles. The molecule has 0 aromatic rings. The fraction of sp³-hybridized carbons (Fsp3) is 0.769. The number of aliphatic hydroxyl groups is 1. The highest BCUT2D eigenvalue weighted by Gasteiger charge is 2.39. The largest absolute Gasteiger partial charge is 0.459 e. The summed E-state index contributed by atoms with van der Waals surface area (Å²) < 4.78 is 20.1. The van der Waals surface area contributed by atoms with Crippen LogP contribution in [0.5, 0.6) is 0 Å². The van der Waals surface area contributed by atoms with Crippen molar-refractivity contribution >= 4 is 17.9 Å². The lowest BCUT2D eigenvalue weighted by Gasteiger charge is -2.33. The van der Waals surface area contributed by atoms with E-state index in [9.17, 15) is 19.5 Å². The lowest BCUT2D eigenvalue weighted by atomic mass is 10.0. The number of methoxy groups -OCH3 is 1. The van der Waals surface area contributed by atoms with Gasteiger partial charge in [-0.1, -0.05) is 0 Å². The second-order valence-electron chi connectivity index (χ2n) is 4.42. The van der Waals surface area contributed by atoms with Crippen LogP contribution in [0.4, 0.5) is 0 Å². The van der Waals surface area contributed by atoms with E-state index >= 15 is 0 Å². The minimum Gasteiger partial charge on any atom is -0.459 e. The average Bonchev–Trinajstić information content (AvgIpc) is 2.34. The van der Waals surface area contributed by atoms with Crippen LogP contribution >= 0.6 is 0 Å². The molecule has 0 aliphatic rings. The van der Waals surface area contributed by atoms with Crippen LogP contribution in [-0.4, -0.2) is 61.1 Å². The van der Waals surface area contributed by atoms with Crippen molar-refractivity contribution in [2.75, 3.05) is 13.7 Å². The summed E-state index contributed by atoms with van der Waals surface area (Å²) in [5, 5.41) is 9.29. The molecule has 0 saturated heterocycles. The molecule has 0 bridgehead atoms. The van der Waals surface area contributed by atoms with Crippen molar-refractivity contribution in [1.82, 2.24) is 0 Å². The second kappa shape index (κ2) is 9.30. The number of carbonyl (C=O) groups is 3. The maximum Gasteiger partial charge on any atom is 0.303 e. The van der Waals surface area contributed by atoms with Crippen LogP contribution in [0, 0.1) is 0 Å². The van der Waals surface area contributed by atoms with Gasteiger partial charge in [-0.15, -0.1) is 0 Å². The zero-order valence-electron chi connectivity index (χ0n) is 12.8. The van der Waals surface area contributed by atoms with Gasteiger partial charge in [-0.05, 0) is 6.92 Å². The summed E-state index contributed by atoms with van der Waals surface area (Å²) in [6.07, 6.45) is -4.04. The summed E-state index contributed by atoms with van der Waals surface area (Å²) >= 11 is 0. The van der Waals surface area contributed by atoms with Crippen LogP contribution < -0.4 is 0 Å². The molecular weight excluding hydrogens is 284 g/mol. The van der Waals surface area contributed by atoms with E-state index in [0.717, 1.165) is 0 Å². The molecule has 4 atom stereocenters. The quantitative estimate of drug-likeness (QED) is 0.485. The third kappa shape index (κ3) is 7.05. The van der Waals surface area contributed by atoms with Gasteiger partial charge in [0.2, 0.25) is 0 Å². The fourth-order valence-corrected chi connectivity index (χ4v) is 1.81. The lowest BCUT2D eigenvalue weighted by Crippen LogP contribution is -2.51. The van der Waals surface area contributed by atoms with E-state index in [1.165, 1.54) is 34.8 Å². The van der Waals surface area contributed by atoms with E-state index in [2.05, 4.69) is 0 Å². The Morgan fingerprint density at radius 1 is 0.905 bits per heavy atom. The number of esters is 3. The lowest BCUT2D eigenvalue weighted by molar-refractivity contribution is -0.195. The Morgan fingerprint density at radius 2 is 1.33 bits per heavy atom. The monoisotopic (exact) mass is 306 g/mol. The third-order valence-electron chi connectivity index (χ3n) is 2.59. The number of carbonyl (C=O) groups excluding carboxylic acids is 3. The molecule has 0 aliphatic heterocycles.